The number of methoxy groups -OCH3 is 1. The highest BCUT2D eigenvalue weighted by molar-refractivity contribution is 7.97. The third-order valence-electron chi connectivity index (χ3n) is 4.44. The van der Waals surface area contributed by atoms with Crippen molar-refractivity contribution in [2.45, 2.75) is 64.2 Å². The van der Waals surface area contributed by atoms with Gasteiger partial charge in [-0.1, -0.05) is 27.7 Å². The van der Waals surface area contributed by atoms with Gasteiger partial charge in [0.15, 0.2) is 0 Å². The van der Waals surface area contributed by atoms with Crippen LogP contribution >= 0.6 is 11.9 Å². The van der Waals surface area contributed by atoms with Gasteiger partial charge in [0.05, 0.1) is 12.7 Å². The Balaban J connectivity index is 2.24. The van der Waals surface area contributed by atoms with E-state index in [1.54, 1.807) is 26.0 Å². The number of amides is 2. The largest absolute Gasteiger partial charge is 0.465 e. The van der Waals surface area contributed by atoms with Crippen molar-refractivity contribution in [3.63, 3.8) is 0 Å². The highest BCUT2D eigenvalue weighted by Crippen LogP contribution is 2.34. The van der Waals surface area contributed by atoms with E-state index in [1.807, 2.05) is 27.7 Å². The number of aliphatic hydroxyl groups is 1. The second kappa shape index (κ2) is 9.53. The molecule has 0 aliphatic carbocycles. The number of esters is 1. The number of nitrogens with zero attached hydrogens (tertiary/aromatic N) is 1. The van der Waals surface area contributed by atoms with Crippen molar-refractivity contribution in [1.82, 2.24) is 9.71 Å². The van der Waals surface area contributed by atoms with Gasteiger partial charge in [-0.05, 0) is 48.9 Å². The fraction of sp³-hybridized carbons (Fsp3) is 0.476. The zero-order chi connectivity index (χ0) is 22.6. The fourth-order valence-electron chi connectivity index (χ4n) is 2.79. The average Bonchev–Trinajstić information content (AvgIpc) is 3.15. The van der Waals surface area contributed by atoms with Crippen molar-refractivity contribution in [2.75, 3.05) is 12.4 Å². The Morgan fingerprint density at radius 3 is 2.17 bits per heavy atom. The van der Waals surface area contributed by atoms with Gasteiger partial charge in [-0.2, -0.15) is 0 Å². The van der Waals surface area contributed by atoms with Gasteiger partial charge in [-0.3, -0.25) is 4.72 Å². The topological polar surface area (TPSA) is 114 Å². The van der Waals surface area contributed by atoms with Crippen LogP contribution < -0.4 is 10.0 Å². The van der Waals surface area contributed by atoms with Gasteiger partial charge in [0, 0.05) is 17.6 Å². The van der Waals surface area contributed by atoms with Crippen molar-refractivity contribution in [3.05, 3.63) is 40.8 Å². The van der Waals surface area contributed by atoms with Gasteiger partial charge >= 0.3 is 12.0 Å². The van der Waals surface area contributed by atoms with Crippen molar-refractivity contribution in [1.29, 1.82) is 0 Å². The first-order valence-electron chi connectivity index (χ1n) is 9.62. The van der Waals surface area contributed by atoms with Crippen LogP contribution in [0.2, 0.25) is 0 Å². The Hall–Kier alpha value is -2.52. The summed E-state index contributed by atoms with van der Waals surface area (Å²) >= 11 is 0.900. The molecule has 0 bridgehead atoms. The molecule has 0 radical (unpaired) electrons. The lowest BCUT2D eigenvalue weighted by atomic mass is 9.90. The number of carbonyl (C=O) groups excluding carboxylic acids is 2. The summed E-state index contributed by atoms with van der Waals surface area (Å²) in [6, 6.07) is 3.03. The van der Waals surface area contributed by atoms with Crippen LogP contribution in [0.1, 0.15) is 80.6 Å². The fourth-order valence-corrected chi connectivity index (χ4v) is 3.26. The number of carbonyl (C=O) groups is 2. The maximum absolute atomic E-state index is 12.6. The molecule has 0 atom stereocenters. The Morgan fingerprint density at radius 2 is 1.73 bits per heavy atom. The third-order valence-corrected chi connectivity index (χ3v) is 5.09. The van der Waals surface area contributed by atoms with Crippen LogP contribution in [0.15, 0.2) is 28.0 Å². The highest BCUT2D eigenvalue weighted by atomic mass is 32.2. The lowest BCUT2D eigenvalue weighted by Crippen LogP contribution is -2.25. The lowest BCUT2D eigenvalue weighted by Gasteiger charge is -2.21. The Morgan fingerprint density at radius 1 is 1.17 bits per heavy atom. The van der Waals surface area contributed by atoms with E-state index < -0.39 is 17.6 Å². The molecule has 0 saturated heterocycles. The number of rotatable bonds is 7. The molecule has 8 nitrogen and oxygen atoms in total. The number of hydrogen-bond donors (Lipinski definition) is 3. The van der Waals surface area contributed by atoms with Crippen molar-refractivity contribution in [3.8, 4) is 0 Å². The van der Waals surface area contributed by atoms with Gasteiger partial charge in [-0.15, -0.1) is 0 Å². The Kier molecular flexibility index (Phi) is 7.54. The normalized spacial score (nSPS) is 11.7. The zero-order valence-corrected chi connectivity index (χ0v) is 19.1. The first-order valence-corrected chi connectivity index (χ1v) is 10.4. The summed E-state index contributed by atoms with van der Waals surface area (Å²) in [5, 5.41) is 13.1. The molecule has 9 heteroatoms. The number of anilines is 1. The highest BCUT2D eigenvalue weighted by Gasteiger charge is 2.23. The number of ether oxygens (including phenoxy) is 1. The number of benzene rings is 1. The first kappa shape index (κ1) is 23.8. The van der Waals surface area contributed by atoms with Gasteiger partial charge in [0.1, 0.15) is 17.6 Å². The standard InChI is InChI=1S/C21H29N3O5S/c1-11(2)14-8-13(18(25)28-7)9-15(12(3)4)17(14)23-19(26)24-30-20-22-16(10-29-20)21(5,6)27/h8-12,27H,1-7H3,(H2,23,24,26). The third kappa shape index (κ3) is 5.76. The molecule has 1 heterocycles. The summed E-state index contributed by atoms with van der Waals surface area (Å²) in [7, 11) is 1.34. The summed E-state index contributed by atoms with van der Waals surface area (Å²) < 4.78 is 12.8. The number of urea groups is 1. The average molecular weight is 436 g/mol. The minimum absolute atomic E-state index is 0.0659. The summed E-state index contributed by atoms with van der Waals surface area (Å²) in [5.74, 6) is -0.288. The van der Waals surface area contributed by atoms with Crippen LogP contribution in [0, 0.1) is 0 Å². The van der Waals surface area contributed by atoms with Gasteiger partial charge in [0.25, 0.3) is 5.22 Å². The Bertz CT molecular complexity index is 887. The van der Waals surface area contributed by atoms with Gasteiger partial charge in [-0.25, -0.2) is 14.6 Å². The van der Waals surface area contributed by atoms with Gasteiger partial charge in [0.2, 0.25) is 0 Å². The van der Waals surface area contributed by atoms with Crippen LogP contribution in [0.25, 0.3) is 0 Å². The van der Waals surface area contributed by atoms with E-state index in [9.17, 15) is 14.7 Å². The summed E-state index contributed by atoms with van der Waals surface area (Å²) in [6.07, 6.45) is 1.35. The lowest BCUT2D eigenvalue weighted by molar-refractivity contribution is 0.0600. The molecule has 0 aliphatic heterocycles. The minimum atomic E-state index is -1.13. The SMILES string of the molecule is COC(=O)c1cc(C(C)C)c(NC(=O)NSc2nc(C(C)(C)O)co2)c(C(C)C)c1. The van der Waals surface area contributed by atoms with Crippen molar-refractivity contribution < 1.29 is 23.8 Å². The second-order valence-corrected chi connectivity index (χ2v) is 8.80. The maximum Gasteiger partial charge on any atom is 0.337 e. The molecule has 2 rings (SSSR count). The van der Waals surface area contributed by atoms with Gasteiger partial charge < -0.3 is 19.6 Å². The molecule has 164 valence electrons. The first-order chi connectivity index (χ1) is 13.9. The van der Waals surface area contributed by atoms with Crippen molar-refractivity contribution in [2.24, 2.45) is 0 Å². The number of nitrogens with one attached hydrogen (secondary N) is 2. The molecule has 0 fully saturated rings. The molecule has 0 spiro atoms. The predicted octanol–water partition coefficient (Wildman–Crippen LogP) is 4.76. The van der Waals surface area contributed by atoms with Crippen LogP contribution in [-0.4, -0.2) is 29.2 Å². The number of hydrogen-bond acceptors (Lipinski definition) is 7. The molecule has 0 unspecified atom stereocenters. The van der Waals surface area contributed by atoms with E-state index in [-0.39, 0.29) is 17.1 Å². The van der Waals surface area contributed by atoms with E-state index >= 15 is 0 Å². The number of aromatic nitrogens is 1. The molecule has 30 heavy (non-hydrogen) atoms. The molecular formula is C21H29N3O5S. The molecule has 1 aromatic carbocycles. The van der Waals surface area contributed by atoms with Crippen LogP contribution in [0.4, 0.5) is 10.5 Å². The van der Waals surface area contributed by atoms with Crippen LogP contribution in [0.5, 0.6) is 0 Å². The molecule has 3 N–H and O–H groups in total. The predicted molar refractivity (Wildman–Crippen MR) is 116 cm³/mol. The van der Waals surface area contributed by atoms with E-state index in [0.717, 1.165) is 23.1 Å². The summed E-state index contributed by atoms with van der Waals surface area (Å²) in [6.45, 7) is 11.1. The number of oxazole rings is 1. The van der Waals surface area contributed by atoms with Crippen LogP contribution in [-0.2, 0) is 10.3 Å². The smallest absolute Gasteiger partial charge is 0.337 e. The zero-order valence-electron chi connectivity index (χ0n) is 18.3. The quantitative estimate of drug-likeness (QED) is 0.424. The summed E-state index contributed by atoms with van der Waals surface area (Å²) in [5.41, 5.74) is 2.02. The van der Waals surface area contributed by atoms with E-state index in [1.165, 1.54) is 13.4 Å². The molecular weight excluding hydrogens is 406 g/mol. The van der Waals surface area contributed by atoms with E-state index in [0.29, 0.717) is 16.9 Å². The van der Waals surface area contributed by atoms with E-state index in [4.69, 9.17) is 9.15 Å². The van der Waals surface area contributed by atoms with Crippen molar-refractivity contribution >= 4 is 29.6 Å². The monoisotopic (exact) mass is 435 g/mol. The maximum atomic E-state index is 12.6. The molecule has 1 aromatic heterocycles. The molecule has 0 aliphatic rings. The summed E-state index contributed by atoms with van der Waals surface area (Å²) in [4.78, 5) is 28.8. The molecule has 2 aromatic rings. The molecule has 0 saturated carbocycles. The molecule has 2 amide bonds. The van der Waals surface area contributed by atoms with E-state index in [2.05, 4.69) is 15.0 Å². The van der Waals surface area contributed by atoms with Crippen LogP contribution in [0.3, 0.4) is 0 Å². The second-order valence-electron chi connectivity index (χ2n) is 8.05. The Labute approximate surface area is 180 Å². The minimum Gasteiger partial charge on any atom is -0.465 e.